The summed E-state index contributed by atoms with van der Waals surface area (Å²) in [6.45, 7) is 6.56. The molecule has 0 radical (unpaired) electrons. The van der Waals surface area contributed by atoms with Crippen molar-refractivity contribution in [1.29, 1.82) is 0 Å². The van der Waals surface area contributed by atoms with E-state index in [0.717, 1.165) is 5.56 Å². The molecule has 20 heavy (non-hydrogen) atoms. The van der Waals surface area contributed by atoms with Crippen LogP contribution in [0.3, 0.4) is 0 Å². The number of nitrogens with one attached hydrogen (secondary N) is 2. The third-order valence-electron chi connectivity index (χ3n) is 2.71. The van der Waals surface area contributed by atoms with Gasteiger partial charge in [-0.15, -0.1) is 0 Å². The monoisotopic (exact) mass is 280 g/mol. The Kier molecular flexibility index (Phi) is 6.15. The highest BCUT2D eigenvalue weighted by molar-refractivity contribution is 5.94. The summed E-state index contributed by atoms with van der Waals surface area (Å²) in [5.41, 5.74) is 0.755. The zero-order valence-corrected chi connectivity index (χ0v) is 12.1. The van der Waals surface area contributed by atoms with E-state index in [0.29, 0.717) is 12.5 Å². The van der Waals surface area contributed by atoms with Gasteiger partial charge in [-0.3, -0.25) is 9.59 Å². The van der Waals surface area contributed by atoms with Gasteiger partial charge in [0.15, 0.2) is 0 Å². The Morgan fingerprint density at radius 3 is 2.55 bits per heavy atom. The van der Waals surface area contributed by atoms with E-state index < -0.39 is 11.7 Å². The second kappa shape index (κ2) is 7.62. The first kappa shape index (κ1) is 16.1. The van der Waals surface area contributed by atoms with Gasteiger partial charge in [0.05, 0.1) is 5.56 Å². The fourth-order valence-corrected chi connectivity index (χ4v) is 1.60. The normalized spacial score (nSPS) is 10.4. The minimum absolute atomic E-state index is 0.00168. The fourth-order valence-electron chi connectivity index (χ4n) is 1.60. The number of rotatable bonds is 6. The lowest BCUT2D eigenvalue weighted by Gasteiger charge is -2.09. The molecule has 1 aromatic rings. The van der Waals surface area contributed by atoms with Gasteiger partial charge >= 0.3 is 0 Å². The molecular weight excluding hydrogens is 259 g/mol. The van der Waals surface area contributed by atoms with Gasteiger partial charge in [-0.1, -0.05) is 19.9 Å². The minimum atomic E-state index is -0.549. The first-order valence-corrected chi connectivity index (χ1v) is 6.71. The maximum absolute atomic E-state index is 13.6. The van der Waals surface area contributed by atoms with Crippen LogP contribution in [0, 0.1) is 18.7 Å². The van der Waals surface area contributed by atoms with E-state index in [4.69, 9.17) is 0 Å². The maximum Gasteiger partial charge on any atom is 0.254 e. The van der Waals surface area contributed by atoms with Gasteiger partial charge in [0.25, 0.3) is 5.91 Å². The number of carbonyl (C=O) groups excluding carboxylic acids is 2. The van der Waals surface area contributed by atoms with Gasteiger partial charge in [0, 0.05) is 19.5 Å². The van der Waals surface area contributed by atoms with Crippen LogP contribution in [0.4, 0.5) is 4.39 Å². The molecule has 1 rings (SSSR count). The van der Waals surface area contributed by atoms with E-state index in [9.17, 15) is 14.0 Å². The lowest BCUT2D eigenvalue weighted by atomic mass is 10.1. The molecule has 0 atom stereocenters. The molecule has 5 heteroatoms. The van der Waals surface area contributed by atoms with Gasteiger partial charge in [0.2, 0.25) is 5.91 Å². The molecule has 0 fully saturated rings. The Balaban J connectivity index is 2.38. The molecule has 0 heterocycles. The van der Waals surface area contributed by atoms with E-state index in [1.54, 1.807) is 13.0 Å². The van der Waals surface area contributed by atoms with Crippen LogP contribution in [-0.4, -0.2) is 24.9 Å². The molecule has 110 valence electrons. The van der Waals surface area contributed by atoms with Crippen LogP contribution in [0.15, 0.2) is 18.2 Å². The van der Waals surface area contributed by atoms with Gasteiger partial charge in [0.1, 0.15) is 5.82 Å². The molecule has 1 aromatic carbocycles. The molecule has 0 unspecified atom stereocenters. The molecule has 0 saturated heterocycles. The van der Waals surface area contributed by atoms with Crippen LogP contribution in [0.25, 0.3) is 0 Å². The highest BCUT2D eigenvalue weighted by Crippen LogP contribution is 2.09. The summed E-state index contributed by atoms with van der Waals surface area (Å²) >= 11 is 0. The molecule has 0 aromatic heterocycles. The maximum atomic E-state index is 13.6. The molecule has 0 aliphatic heterocycles. The van der Waals surface area contributed by atoms with E-state index in [1.165, 1.54) is 12.1 Å². The Morgan fingerprint density at radius 1 is 1.25 bits per heavy atom. The predicted octanol–water partition coefficient (Wildman–Crippen LogP) is 2.03. The highest BCUT2D eigenvalue weighted by Gasteiger charge is 2.11. The average Bonchev–Trinajstić information content (AvgIpc) is 2.36. The summed E-state index contributed by atoms with van der Waals surface area (Å²) in [4.78, 5) is 23.2. The number of amides is 2. The molecule has 0 bridgehead atoms. The lowest BCUT2D eigenvalue weighted by molar-refractivity contribution is -0.121. The lowest BCUT2D eigenvalue weighted by Crippen LogP contribution is -2.32. The predicted molar refractivity (Wildman–Crippen MR) is 75.9 cm³/mol. The number of benzene rings is 1. The van der Waals surface area contributed by atoms with Crippen LogP contribution in [0.1, 0.15) is 36.2 Å². The van der Waals surface area contributed by atoms with Crippen LogP contribution in [0.5, 0.6) is 0 Å². The summed E-state index contributed by atoms with van der Waals surface area (Å²) in [6.07, 6.45) is 0.186. The van der Waals surface area contributed by atoms with E-state index in [-0.39, 0.29) is 24.4 Å². The third kappa shape index (κ3) is 5.38. The van der Waals surface area contributed by atoms with E-state index in [1.807, 2.05) is 13.8 Å². The molecular formula is C15H21FN2O2. The van der Waals surface area contributed by atoms with Crippen molar-refractivity contribution in [3.63, 3.8) is 0 Å². The summed E-state index contributed by atoms with van der Waals surface area (Å²) in [6, 6.07) is 4.43. The zero-order chi connectivity index (χ0) is 15.1. The van der Waals surface area contributed by atoms with Crippen molar-refractivity contribution >= 4 is 11.8 Å². The Hall–Kier alpha value is -1.91. The van der Waals surface area contributed by atoms with E-state index >= 15 is 0 Å². The quantitative estimate of drug-likeness (QED) is 0.837. The van der Waals surface area contributed by atoms with E-state index in [2.05, 4.69) is 10.6 Å². The highest BCUT2D eigenvalue weighted by atomic mass is 19.1. The van der Waals surface area contributed by atoms with Crippen molar-refractivity contribution in [3.8, 4) is 0 Å². The van der Waals surface area contributed by atoms with Crippen LogP contribution >= 0.6 is 0 Å². The molecule has 4 nitrogen and oxygen atoms in total. The molecule has 2 amide bonds. The van der Waals surface area contributed by atoms with Gasteiger partial charge in [-0.05, 0) is 30.5 Å². The Bertz CT molecular complexity index is 487. The number of carbonyl (C=O) groups is 2. The van der Waals surface area contributed by atoms with Crippen LogP contribution in [-0.2, 0) is 4.79 Å². The van der Waals surface area contributed by atoms with Gasteiger partial charge in [-0.25, -0.2) is 4.39 Å². The van der Waals surface area contributed by atoms with Crippen LogP contribution < -0.4 is 10.6 Å². The van der Waals surface area contributed by atoms with Crippen molar-refractivity contribution in [1.82, 2.24) is 10.6 Å². The van der Waals surface area contributed by atoms with Crippen molar-refractivity contribution in [2.24, 2.45) is 5.92 Å². The number of aryl methyl sites for hydroxylation is 1. The second-order valence-corrected chi connectivity index (χ2v) is 5.19. The number of hydrogen-bond donors (Lipinski definition) is 2. The topological polar surface area (TPSA) is 58.2 Å². The Morgan fingerprint density at radius 2 is 1.95 bits per heavy atom. The Labute approximate surface area is 118 Å². The van der Waals surface area contributed by atoms with Crippen LogP contribution in [0.2, 0.25) is 0 Å². The third-order valence-corrected chi connectivity index (χ3v) is 2.71. The molecule has 0 spiro atoms. The second-order valence-electron chi connectivity index (χ2n) is 5.19. The van der Waals surface area contributed by atoms with Crippen molar-refractivity contribution in [2.45, 2.75) is 27.2 Å². The smallest absolute Gasteiger partial charge is 0.254 e. The summed E-state index contributed by atoms with van der Waals surface area (Å²) in [7, 11) is 0. The first-order chi connectivity index (χ1) is 9.40. The average molecular weight is 280 g/mol. The number of halogens is 1. The molecule has 0 aliphatic rings. The minimum Gasteiger partial charge on any atom is -0.356 e. The number of hydrogen-bond acceptors (Lipinski definition) is 2. The SMILES string of the molecule is Cc1ccc(C(=O)NCCC(=O)NCC(C)C)c(F)c1. The molecule has 2 N–H and O–H groups in total. The summed E-state index contributed by atoms with van der Waals surface area (Å²) in [5.74, 6) is -0.788. The summed E-state index contributed by atoms with van der Waals surface area (Å²) in [5, 5.41) is 5.29. The van der Waals surface area contributed by atoms with Gasteiger partial charge < -0.3 is 10.6 Å². The van der Waals surface area contributed by atoms with Crippen molar-refractivity contribution in [2.75, 3.05) is 13.1 Å². The van der Waals surface area contributed by atoms with Crippen molar-refractivity contribution in [3.05, 3.63) is 35.1 Å². The molecule has 0 aliphatic carbocycles. The summed E-state index contributed by atoms with van der Waals surface area (Å²) < 4.78 is 13.6. The fraction of sp³-hybridized carbons (Fsp3) is 0.467. The largest absolute Gasteiger partial charge is 0.356 e. The van der Waals surface area contributed by atoms with Crippen molar-refractivity contribution < 1.29 is 14.0 Å². The molecule has 0 saturated carbocycles. The zero-order valence-electron chi connectivity index (χ0n) is 12.1. The van der Waals surface area contributed by atoms with Gasteiger partial charge in [-0.2, -0.15) is 0 Å². The first-order valence-electron chi connectivity index (χ1n) is 6.71. The standard InChI is InChI=1S/C15H21FN2O2/c1-10(2)9-18-14(19)6-7-17-15(20)12-5-4-11(3)8-13(12)16/h4-5,8,10H,6-7,9H2,1-3H3,(H,17,20)(H,18,19).